The van der Waals surface area contributed by atoms with Crippen molar-refractivity contribution in [3.8, 4) is 0 Å². The first kappa shape index (κ1) is 8.34. The summed E-state index contributed by atoms with van der Waals surface area (Å²) < 4.78 is 5.39. The minimum atomic E-state index is 0.223. The third-order valence-corrected chi connectivity index (χ3v) is 1.81. The monoisotopic (exact) mass is 154 g/mol. The fourth-order valence-electron chi connectivity index (χ4n) is 1.05. The van der Waals surface area contributed by atoms with Gasteiger partial charge < -0.3 is 9.52 Å². The lowest BCUT2D eigenvalue weighted by Crippen LogP contribution is -1.94. The summed E-state index contributed by atoms with van der Waals surface area (Å²) in [6.45, 7) is 4.20. The van der Waals surface area contributed by atoms with Crippen molar-refractivity contribution in [3.63, 3.8) is 0 Å². The molecule has 0 aromatic carbocycles. The van der Waals surface area contributed by atoms with Crippen LogP contribution in [0, 0.1) is 6.92 Å². The van der Waals surface area contributed by atoms with E-state index in [1.165, 1.54) is 0 Å². The van der Waals surface area contributed by atoms with E-state index in [-0.39, 0.29) is 6.61 Å². The summed E-state index contributed by atoms with van der Waals surface area (Å²) in [5.41, 5.74) is 0. The Bertz CT molecular complexity index is 215. The molecule has 2 nitrogen and oxygen atoms in total. The molecule has 0 unspecified atom stereocenters. The average Bonchev–Trinajstić information content (AvgIpc) is 2.36. The highest BCUT2D eigenvalue weighted by Gasteiger charge is 2.07. The van der Waals surface area contributed by atoms with E-state index in [1.54, 1.807) is 0 Å². The highest BCUT2D eigenvalue weighted by molar-refractivity contribution is 5.09. The zero-order valence-corrected chi connectivity index (χ0v) is 7.00. The Morgan fingerprint density at radius 2 is 2.27 bits per heavy atom. The van der Waals surface area contributed by atoms with Crippen molar-refractivity contribution in [3.05, 3.63) is 23.7 Å². The van der Waals surface area contributed by atoms with Crippen LogP contribution in [0.3, 0.4) is 0 Å². The van der Waals surface area contributed by atoms with Gasteiger partial charge in [0, 0.05) is 12.5 Å². The molecule has 1 rings (SSSR count). The van der Waals surface area contributed by atoms with Gasteiger partial charge in [-0.25, -0.2) is 0 Å². The van der Waals surface area contributed by atoms with Gasteiger partial charge in [-0.3, -0.25) is 0 Å². The molecule has 0 bridgehead atoms. The Balaban J connectivity index is 2.60. The summed E-state index contributed by atoms with van der Waals surface area (Å²) in [6.07, 6.45) is 0.771. The van der Waals surface area contributed by atoms with Crippen LogP contribution in [0.15, 0.2) is 16.5 Å². The average molecular weight is 154 g/mol. The fraction of sp³-hybridized carbons (Fsp3) is 0.556. The second-order valence-electron chi connectivity index (χ2n) is 2.86. The number of hydrogen-bond donors (Lipinski definition) is 1. The van der Waals surface area contributed by atoms with E-state index >= 15 is 0 Å². The number of furan rings is 1. The van der Waals surface area contributed by atoms with Gasteiger partial charge in [-0.05, 0) is 25.5 Å². The zero-order valence-electron chi connectivity index (χ0n) is 7.00. The summed E-state index contributed by atoms with van der Waals surface area (Å²) >= 11 is 0. The molecular formula is C9H14O2. The number of rotatable bonds is 3. The molecule has 62 valence electrons. The van der Waals surface area contributed by atoms with Crippen molar-refractivity contribution < 1.29 is 9.52 Å². The number of hydrogen-bond acceptors (Lipinski definition) is 2. The summed E-state index contributed by atoms with van der Waals surface area (Å²) in [5, 5.41) is 8.66. The molecule has 0 radical (unpaired) electrons. The van der Waals surface area contributed by atoms with Crippen LogP contribution in [0.25, 0.3) is 0 Å². The second kappa shape index (κ2) is 3.58. The third kappa shape index (κ3) is 2.09. The van der Waals surface area contributed by atoms with Gasteiger partial charge in [0.15, 0.2) is 0 Å². The SMILES string of the molecule is Cc1ccc([C@@H](C)CCO)o1. The lowest BCUT2D eigenvalue weighted by molar-refractivity contribution is 0.271. The van der Waals surface area contributed by atoms with Gasteiger partial charge in [0.1, 0.15) is 11.5 Å². The molecule has 2 heteroatoms. The maximum absolute atomic E-state index is 8.66. The maximum atomic E-state index is 8.66. The van der Waals surface area contributed by atoms with E-state index in [0.717, 1.165) is 17.9 Å². The predicted octanol–water partition coefficient (Wildman–Crippen LogP) is 2.07. The van der Waals surface area contributed by atoms with Crippen LogP contribution in [0.5, 0.6) is 0 Å². The summed E-state index contributed by atoms with van der Waals surface area (Å²) in [5.74, 6) is 2.23. The molecule has 11 heavy (non-hydrogen) atoms. The number of aliphatic hydroxyl groups excluding tert-OH is 1. The molecule has 0 fully saturated rings. The van der Waals surface area contributed by atoms with Crippen molar-refractivity contribution in [2.45, 2.75) is 26.2 Å². The summed E-state index contributed by atoms with van der Waals surface area (Å²) in [6, 6.07) is 3.92. The van der Waals surface area contributed by atoms with Gasteiger partial charge >= 0.3 is 0 Å². The van der Waals surface area contributed by atoms with Gasteiger partial charge in [-0.1, -0.05) is 6.92 Å². The third-order valence-electron chi connectivity index (χ3n) is 1.81. The molecule has 1 aromatic rings. The van der Waals surface area contributed by atoms with E-state index in [2.05, 4.69) is 6.92 Å². The molecule has 0 saturated carbocycles. The van der Waals surface area contributed by atoms with Crippen molar-refractivity contribution in [2.24, 2.45) is 0 Å². The van der Waals surface area contributed by atoms with E-state index in [4.69, 9.17) is 9.52 Å². The molecule has 0 spiro atoms. The van der Waals surface area contributed by atoms with Crippen LogP contribution in [0.1, 0.15) is 30.8 Å². The minimum Gasteiger partial charge on any atom is -0.466 e. The summed E-state index contributed by atoms with van der Waals surface area (Å²) in [4.78, 5) is 0. The van der Waals surface area contributed by atoms with Gasteiger partial charge in [-0.2, -0.15) is 0 Å². The normalized spacial score (nSPS) is 13.4. The highest BCUT2D eigenvalue weighted by atomic mass is 16.3. The quantitative estimate of drug-likeness (QED) is 0.723. The zero-order chi connectivity index (χ0) is 8.27. The van der Waals surface area contributed by atoms with Gasteiger partial charge in [0.2, 0.25) is 0 Å². The molecule has 1 aromatic heterocycles. The molecule has 0 aliphatic carbocycles. The molecule has 1 N–H and O–H groups in total. The van der Waals surface area contributed by atoms with Crippen LogP contribution in [0.2, 0.25) is 0 Å². The van der Waals surface area contributed by atoms with Crippen LogP contribution < -0.4 is 0 Å². The largest absolute Gasteiger partial charge is 0.466 e. The standard InChI is InChI=1S/C9H14O2/c1-7(5-6-10)9-4-3-8(2)11-9/h3-4,7,10H,5-6H2,1-2H3/t7-/m0/s1. The summed E-state index contributed by atoms with van der Waals surface area (Å²) in [7, 11) is 0. The lowest BCUT2D eigenvalue weighted by atomic mass is 10.1. The minimum absolute atomic E-state index is 0.223. The number of aryl methyl sites for hydroxylation is 1. The highest BCUT2D eigenvalue weighted by Crippen LogP contribution is 2.20. The fourth-order valence-corrected chi connectivity index (χ4v) is 1.05. The van der Waals surface area contributed by atoms with E-state index < -0.39 is 0 Å². The van der Waals surface area contributed by atoms with Crippen LogP contribution >= 0.6 is 0 Å². The first-order valence-corrected chi connectivity index (χ1v) is 3.91. The Morgan fingerprint density at radius 3 is 2.73 bits per heavy atom. The molecule has 0 aliphatic rings. The van der Waals surface area contributed by atoms with Crippen molar-refractivity contribution in [1.82, 2.24) is 0 Å². The van der Waals surface area contributed by atoms with Crippen molar-refractivity contribution >= 4 is 0 Å². The Labute approximate surface area is 66.8 Å². The molecule has 0 saturated heterocycles. The topological polar surface area (TPSA) is 33.4 Å². The first-order valence-electron chi connectivity index (χ1n) is 3.91. The van der Waals surface area contributed by atoms with Crippen molar-refractivity contribution in [1.29, 1.82) is 0 Å². The van der Waals surface area contributed by atoms with Gasteiger partial charge in [0.25, 0.3) is 0 Å². The Kier molecular flexibility index (Phi) is 2.71. The Hall–Kier alpha value is -0.760. The van der Waals surface area contributed by atoms with E-state index in [0.29, 0.717) is 5.92 Å². The molecule has 1 heterocycles. The van der Waals surface area contributed by atoms with Gasteiger partial charge in [-0.15, -0.1) is 0 Å². The molecule has 0 aliphatic heterocycles. The first-order chi connectivity index (χ1) is 5.24. The van der Waals surface area contributed by atoms with Gasteiger partial charge in [0.05, 0.1) is 0 Å². The van der Waals surface area contributed by atoms with Crippen molar-refractivity contribution in [2.75, 3.05) is 6.61 Å². The smallest absolute Gasteiger partial charge is 0.107 e. The molecule has 1 atom stereocenters. The second-order valence-corrected chi connectivity index (χ2v) is 2.86. The molecule has 0 amide bonds. The van der Waals surface area contributed by atoms with Crippen LogP contribution in [0.4, 0.5) is 0 Å². The van der Waals surface area contributed by atoms with Crippen LogP contribution in [-0.4, -0.2) is 11.7 Å². The van der Waals surface area contributed by atoms with Crippen LogP contribution in [-0.2, 0) is 0 Å². The number of aliphatic hydroxyl groups is 1. The lowest BCUT2D eigenvalue weighted by Gasteiger charge is -2.04. The van der Waals surface area contributed by atoms with E-state index in [1.807, 2.05) is 19.1 Å². The predicted molar refractivity (Wildman–Crippen MR) is 43.6 cm³/mol. The molecular weight excluding hydrogens is 140 g/mol. The van der Waals surface area contributed by atoms with E-state index in [9.17, 15) is 0 Å². The maximum Gasteiger partial charge on any atom is 0.107 e. The Morgan fingerprint density at radius 1 is 1.55 bits per heavy atom.